The molecule has 4 rings (SSSR count). The Morgan fingerprint density at radius 2 is 1.70 bits per heavy atom. The van der Waals surface area contributed by atoms with Crippen molar-refractivity contribution in [2.24, 2.45) is 17.8 Å². The number of hydrogen-bond donors (Lipinski definition) is 3. The van der Waals surface area contributed by atoms with E-state index in [1.54, 1.807) is 0 Å². The van der Waals surface area contributed by atoms with Crippen molar-refractivity contribution in [3.05, 3.63) is 0 Å². The van der Waals surface area contributed by atoms with Crippen LogP contribution in [0.4, 0.5) is 0 Å². The highest BCUT2D eigenvalue weighted by molar-refractivity contribution is 4.99. The molecule has 2 heterocycles. The van der Waals surface area contributed by atoms with Crippen LogP contribution in [0, 0.1) is 17.8 Å². The third-order valence-electron chi connectivity index (χ3n) is 6.90. The van der Waals surface area contributed by atoms with Gasteiger partial charge in [0.1, 0.15) is 0 Å². The average molecular weight is 322 g/mol. The first-order valence-electron chi connectivity index (χ1n) is 10.2. The van der Waals surface area contributed by atoms with Crippen LogP contribution in [-0.2, 0) is 4.74 Å². The molecule has 2 aliphatic heterocycles. The van der Waals surface area contributed by atoms with Crippen LogP contribution in [-0.4, -0.2) is 37.9 Å². The first-order valence-corrected chi connectivity index (χ1v) is 10.2. The van der Waals surface area contributed by atoms with Crippen molar-refractivity contribution in [2.45, 2.75) is 82.4 Å². The van der Waals surface area contributed by atoms with Gasteiger partial charge in [0.15, 0.2) is 0 Å². The second-order valence-electron chi connectivity index (χ2n) is 8.43. The zero-order valence-corrected chi connectivity index (χ0v) is 14.6. The van der Waals surface area contributed by atoms with Gasteiger partial charge in [0.2, 0.25) is 0 Å². The van der Waals surface area contributed by atoms with Gasteiger partial charge in [-0.25, -0.2) is 0 Å². The second kappa shape index (κ2) is 7.81. The summed E-state index contributed by atoms with van der Waals surface area (Å²) in [6, 6.07) is 1.38. The van der Waals surface area contributed by atoms with E-state index in [0.29, 0.717) is 18.2 Å². The molecule has 4 fully saturated rings. The summed E-state index contributed by atoms with van der Waals surface area (Å²) in [5, 5.41) is 3.61. The van der Waals surface area contributed by atoms with Gasteiger partial charge in [-0.05, 0) is 82.2 Å². The first kappa shape index (κ1) is 16.3. The number of hydrazine groups is 1. The van der Waals surface area contributed by atoms with Crippen LogP contribution >= 0.6 is 0 Å². The summed E-state index contributed by atoms with van der Waals surface area (Å²) < 4.78 is 6.22. The van der Waals surface area contributed by atoms with Crippen LogP contribution in [0.5, 0.6) is 0 Å². The van der Waals surface area contributed by atoms with Gasteiger partial charge in [0.25, 0.3) is 0 Å². The fourth-order valence-electron chi connectivity index (χ4n) is 5.68. The normalized spacial score (nSPS) is 45.9. The fraction of sp³-hybridized carbons (Fsp3) is 1.00. The molecule has 0 aromatic rings. The summed E-state index contributed by atoms with van der Waals surface area (Å²) in [6.45, 7) is 3.25. The molecule has 132 valence electrons. The molecule has 6 atom stereocenters. The third-order valence-corrected chi connectivity index (χ3v) is 6.90. The number of nitrogens with one attached hydrogen (secondary N) is 3. The molecule has 0 aromatic carbocycles. The SMILES string of the molecule is C1CNCCCC2CCCC(C2)C2NNC3CCC(CC32)OC1. The molecule has 4 bridgehead atoms. The van der Waals surface area contributed by atoms with Gasteiger partial charge in [-0.1, -0.05) is 12.8 Å². The molecule has 3 N–H and O–H groups in total. The monoisotopic (exact) mass is 321 g/mol. The molecule has 4 nitrogen and oxygen atoms in total. The molecular formula is C19H35N3O. The van der Waals surface area contributed by atoms with Gasteiger partial charge in [0.05, 0.1) is 6.10 Å². The molecule has 2 aliphatic carbocycles. The molecule has 2 saturated carbocycles. The summed E-state index contributed by atoms with van der Waals surface area (Å²) in [5.74, 6) is 2.64. The number of fused-ring (bicyclic) bond motifs is 4. The highest BCUT2D eigenvalue weighted by Gasteiger charge is 2.44. The van der Waals surface area contributed by atoms with Gasteiger partial charge in [0, 0.05) is 18.7 Å². The maximum Gasteiger partial charge on any atom is 0.0579 e. The quantitative estimate of drug-likeness (QED) is 0.642. The Kier molecular flexibility index (Phi) is 5.54. The molecule has 0 amide bonds. The van der Waals surface area contributed by atoms with Crippen molar-refractivity contribution in [1.82, 2.24) is 16.2 Å². The lowest BCUT2D eigenvalue weighted by Crippen LogP contribution is -2.42. The van der Waals surface area contributed by atoms with Crippen molar-refractivity contribution < 1.29 is 4.74 Å². The molecule has 0 aromatic heterocycles. The van der Waals surface area contributed by atoms with E-state index in [4.69, 9.17) is 4.74 Å². The van der Waals surface area contributed by atoms with Crippen LogP contribution in [0.2, 0.25) is 0 Å². The first-order chi connectivity index (χ1) is 11.4. The summed E-state index contributed by atoms with van der Waals surface area (Å²) in [4.78, 5) is 0. The minimum absolute atomic E-state index is 0.505. The number of ether oxygens (including phenoxy) is 1. The lowest BCUT2D eigenvalue weighted by molar-refractivity contribution is 0.00329. The van der Waals surface area contributed by atoms with Crippen LogP contribution < -0.4 is 16.2 Å². The Morgan fingerprint density at radius 1 is 0.783 bits per heavy atom. The molecule has 4 aliphatic rings. The van der Waals surface area contributed by atoms with Crippen molar-refractivity contribution in [3.8, 4) is 0 Å². The van der Waals surface area contributed by atoms with Crippen LogP contribution in [0.1, 0.15) is 64.2 Å². The molecule has 0 radical (unpaired) electrons. The van der Waals surface area contributed by atoms with Gasteiger partial charge < -0.3 is 10.1 Å². The predicted molar refractivity (Wildman–Crippen MR) is 93.1 cm³/mol. The van der Waals surface area contributed by atoms with Gasteiger partial charge in [-0.3, -0.25) is 10.9 Å². The average Bonchev–Trinajstić information content (AvgIpc) is 3.00. The van der Waals surface area contributed by atoms with Crippen LogP contribution in [0.25, 0.3) is 0 Å². The zero-order valence-electron chi connectivity index (χ0n) is 14.6. The van der Waals surface area contributed by atoms with E-state index < -0.39 is 0 Å². The highest BCUT2D eigenvalue weighted by atomic mass is 16.5. The van der Waals surface area contributed by atoms with E-state index >= 15 is 0 Å². The number of rotatable bonds is 0. The van der Waals surface area contributed by atoms with Crippen molar-refractivity contribution in [2.75, 3.05) is 19.7 Å². The van der Waals surface area contributed by atoms with Crippen molar-refractivity contribution in [1.29, 1.82) is 0 Å². The van der Waals surface area contributed by atoms with E-state index in [1.165, 1.54) is 64.3 Å². The largest absolute Gasteiger partial charge is 0.378 e. The third kappa shape index (κ3) is 3.92. The minimum Gasteiger partial charge on any atom is -0.378 e. The maximum absolute atomic E-state index is 6.22. The highest BCUT2D eigenvalue weighted by Crippen LogP contribution is 2.41. The van der Waals surface area contributed by atoms with Gasteiger partial charge >= 0.3 is 0 Å². The Hall–Kier alpha value is -0.160. The standard InChI is InChI=1S/C19H35N3O/c1-4-14-5-2-9-20-10-3-11-23-16-7-8-18-17(13-16)19(22-21-18)15(6-1)12-14/h14-22H,1-13H2. The molecule has 4 heteroatoms. The molecule has 2 saturated heterocycles. The lowest BCUT2D eigenvalue weighted by atomic mass is 9.70. The second-order valence-corrected chi connectivity index (χ2v) is 8.43. The smallest absolute Gasteiger partial charge is 0.0579 e. The van der Waals surface area contributed by atoms with Crippen LogP contribution in [0.15, 0.2) is 0 Å². The molecular weight excluding hydrogens is 286 g/mol. The van der Waals surface area contributed by atoms with E-state index in [1.807, 2.05) is 0 Å². The minimum atomic E-state index is 0.505. The molecule has 0 spiro atoms. The molecule has 23 heavy (non-hydrogen) atoms. The Bertz CT molecular complexity index is 378. The van der Waals surface area contributed by atoms with E-state index in [2.05, 4.69) is 16.2 Å². The zero-order chi connectivity index (χ0) is 15.5. The molecule has 6 unspecified atom stereocenters. The number of hydrogen-bond acceptors (Lipinski definition) is 4. The fourth-order valence-corrected chi connectivity index (χ4v) is 5.68. The predicted octanol–water partition coefficient (Wildman–Crippen LogP) is 2.60. The van der Waals surface area contributed by atoms with Gasteiger partial charge in [-0.2, -0.15) is 0 Å². The van der Waals surface area contributed by atoms with E-state index in [-0.39, 0.29) is 0 Å². The Balaban J connectivity index is 1.45. The van der Waals surface area contributed by atoms with Crippen molar-refractivity contribution >= 4 is 0 Å². The van der Waals surface area contributed by atoms with Crippen molar-refractivity contribution in [3.63, 3.8) is 0 Å². The summed E-state index contributed by atoms with van der Waals surface area (Å²) >= 11 is 0. The van der Waals surface area contributed by atoms with Gasteiger partial charge in [-0.15, -0.1) is 0 Å². The van der Waals surface area contributed by atoms with E-state index in [0.717, 1.165) is 37.3 Å². The Labute approximate surface area is 141 Å². The summed E-state index contributed by atoms with van der Waals surface area (Å²) in [5.41, 5.74) is 7.35. The Morgan fingerprint density at radius 3 is 2.70 bits per heavy atom. The topological polar surface area (TPSA) is 45.3 Å². The van der Waals surface area contributed by atoms with E-state index in [9.17, 15) is 0 Å². The maximum atomic E-state index is 6.22. The summed E-state index contributed by atoms with van der Waals surface area (Å²) in [6.07, 6.45) is 14.0. The lowest BCUT2D eigenvalue weighted by Gasteiger charge is -2.38. The van der Waals surface area contributed by atoms with Crippen LogP contribution in [0.3, 0.4) is 0 Å². The summed E-state index contributed by atoms with van der Waals surface area (Å²) in [7, 11) is 0.